The number of hydrogen-bond donors (Lipinski definition) is 1. The Balaban J connectivity index is 0.000000173. The predicted octanol–water partition coefficient (Wildman–Crippen LogP) is 8.13. The third kappa shape index (κ3) is 4.19. The van der Waals surface area contributed by atoms with Crippen molar-refractivity contribution in [3.05, 3.63) is 90.0 Å². The van der Waals surface area contributed by atoms with Gasteiger partial charge < -0.3 is 5.11 Å². The highest BCUT2D eigenvalue weighted by molar-refractivity contribution is 6.24. The van der Waals surface area contributed by atoms with Crippen molar-refractivity contribution >= 4 is 32.3 Å². The van der Waals surface area contributed by atoms with Gasteiger partial charge in [-0.2, -0.15) is 0 Å². The molecule has 0 aliphatic heterocycles. The zero-order valence-electron chi connectivity index (χ0n) is 17.9. The molecule has 0 aliphatic rings. The first-order valence-electron chi connectivity index (χ1n) is 10.6. The monoisotopic (exact) mass is 382 g/mol. The second-order valence-corrected chi connectivity index (χ2v) is 6.97. The molecule has 0 amide bonds. The number of phenolic OH excluding ortho intramolecular Hbond substituents is 1. The van der Waals surface area contributed by atoms with Crippen LogP contribution in [0.1, 0.15) is 38.8 Å². The van der Waals surface area contributed by atoms with Gasteiger partial charge in [-0.3, -0.25) is 0 Å². The van der Waals surface area contributed by atoms with Crippen molar-refractivity contribution in [3.63, 3.8) is 0 Å². The van der Waals surface area contributed by atoms with Gasteiger partial charge >= 0.3 is 0 Å². The molecular weight excluding hydrogens is 352 g/mol. The molecule has 0 bridgehead atoms. The molecule has 1 N–H and O–H groups in total. The van der Waals surface area contributed by atoms with Crippen molar-refractivity contribution in [1.82, 2.24) is 0 Å². The molecule has 5 aromatic carbocycles. The van der Waals surface area contributed by atoms with Crippen molar-refractivity contribution in [2.24, 2.45) is 0 Å². The highest BCUT2D eigenvalue weighted by atomic mass is 16.3. The van der Waals surface area contributed by atoms with Crippen molar-refractivity contribution in [2.45, 2.75) is 40.5 Å². The minimum Gasteiger partial charge on any atom is -0.507 e. The zero-order chi connectivity index (χ0) is 20.8. The smallest absolute Gasteiger partial charge is 0.124 e. The average Bonchev–Trinajstić information content (AvgIpc) is 2.80. The van der Waals surface area contributed by atoms with E-state index in [1.54, 1.807) is 0 Å². The molecule has 5 aromatic rings. The Kier molecular flexibility index (Phi) is 6.72. The normalized spacial score (nSPS) is 10.5. The van der Waals surface area contributed by atoms with Crippen LogP contribution in [0.4, 0.5) is 0 Å². The molecule has 0 atom stereocenters. The van der Waals surface area contributed by atoms with E-state index in [1.165, 1.54) is 32.7 Å². The predicted molar refractivity (Wildman–Crippen MR) is 128 cm³/mol. The van der Waals surface area contributed by atoms with Gasteiger partial charge in [-0.15, -0.1) is 0 Å². The molecule has 0 saturated heterocycles. The van der Waals surface area contributed by atoms with E-state index in [-0.39, 0.29) is 0 Å². The Bertz CT molecular complexity index is 1160. The number of rotatable bonds is 2. The van der Waals surface area contributed by atoms with E-state index in [9.17, 15) is 5.11 Å². The summed E-state index contributed by atoms with van der Waals surface area (Å²) in [6.45, 7) is 8.36. The molecule has 29 heavy (non-hydrogen) atoms. The van der Waals surface area contributed by atoms with E-state index in [1.807, 2.05) is 44.2 Å². The van der Waals surface area contributed by atoms with Gasteiger partial charge in [0, 0.05) is 10.8 Å². The molecular formula is C28H30O. The Morgan fingerprint density at radius 3 is 1.62 bits per heavy atom. The summed E-state index contributed by atoms with van der Waals surface area (Å²) in [6, 6.07) is 27.2. The highest BCUT2D eigenvalue weighted by Crippen LogP contribution is 2.38. The standard InChI is InChI=1S/C16H10O.C10H14.C2H6/c17-14-9-12-5-1-3-10-7-8-11-4-2-6-13(14)16(11)15(10)12;1-3-9-5-7-10(4-2)8-6-9;1-2/h1-9,17H;5-8H,3-4H2,1-2H3;1-2H3. The lowest BCUT2D eigenvalue weighted by atomic mass is 9.94. The number of phenols is 1. The van der Waals surface area contributed by atoms with Crippen molar-refractivity contribution in [2.75, 3.05) is 0 Å². The van der Waals surface area contributed by atoms with Crippen molar-refractivity contribution in [3.8, 4) is 5.75 Å². The number of aromatic hydroxyl groups is 1. The lowest BCUT2D eigenvalue weighted by Crippen LogP contribution is -1.83. The lowest BCUT2D eigenvalue weighted by molar-refractivity contribution is 0.482. The van der Waals surface area contributed by atoms with Crippen LogP contribution in [0.25, 0.3) is 32.3 Å². The van der Waals surface area contributed by atoms with Gasteiger partial charge in [0.2, 0.25) is 0 Å². The summed E-state index contributed by atoms with van der Waals surface area (Å²) in [4.78, 5) is 0. The van der Waals surface area contributed by atoms with Crippen LogP contribution in [0.3, 0.4) is 0 Å². The van der Waals surface area contributed by atoms with Gasteiger partial charge in [-0.05, 0) is 51.6 Å². The maximum absolute atomic E-state index is 10.1. The molecule has 1 heteroatoms. The SMILES string of the molecule is CC.CCc1ccc(CC)cc1.Oc1cc2cccc3ccc4cccc1c4c32. The summed E-state index contributed by atoms with van der Waals surface area (Å²) in [5.74, 6) is 0.363. The summed E-state index contributed by atoms with van der Waals surface area (Å²) >= 11 is 0. The maximum atomic E-state index is 10.1. The average molecular weight is 383 g/mol. The molecule has 5 rings (SSSR count). The first-order chi connectivity index (χ1) is 14.2. The van der Waals surface area contributed by atoms with Crippen LogP contribution in [0.15, 0.2) is 78.9 Å². The van der Waals surface area contributed by atoms with Gasteiger partial charge in [0.25, 0.3) is 0 Å². The fourth-order valence-corrected chi connectivity index (χ4v) is 3.75. The minimum absolute atomic E-state index is 0.363. The van der Waals surface area contributed by atoms with E-state index < -0.39 is 0 Å². The summed E-state index contributed by atoms with van der Waals surface area (Å²) in [7, 11) is 0. The molecule has 0 unspecified atom stereocenters. The number of benzene rings is 5. The number of aryl methyl sites for hydroxylation is 2. The van der Waals surface area contributed by atoms with Crippen LogP contribution in [0, 0.1) is 0 Å². The summed E-state index contributed by atoms with van der Waals surface area (Å²) < 4.78 is 0. The molecule has 0 radical (unpaired) electrons. The largest absolute Gasteiger partial charge is 0.507 e. The van der Waals surface area contributed by atoms with E-state index in [0.717, 1.165) is 23.6 Å². The van der Waals surface area contributed by atoms with Gasteiger partial charge in [0.1, 0.15) is 5.75 Å². The molecule has 1 nitrogen and oxygen atoms in total. The second-order valence-electron chi connectivity index (χ2n) is 6.97. The Morgan fingerprint density at radius 1 is 0.586 bits per heavy atom. The lowest BCUT2D eigenvalue weighted by Gasteiger charge is -2.11. The first-order valence-corrected chi connectivity index (χ1v) is 10.6. The molecule has 0 heterocycles. The van der Waals surface area contributed by atoms with Crippen molar-refractivity contribution < 1.29 is 5.11 Å². The van der Waals surface area contributed by atoms with E-state index in [0.29, 0.717) is 5.75 Å². The Hall–Kier alpha value is -3.06. The molecule has 0 aliphatic carbocycles. The molecule has 0 aromatic heterocycles. The topological polar surface area (TPSA) is 20.2 Å². The van der Waals surface area contributed by atoms with Gasteiger partial charge in [-0.25, -0.2) is 0 Å². The van der Waals surface area contributed by atoms with E-state index in [4.69, 9.17) is 0 Å². The molecule has 0 saturated carbocycles. The van der Waals surface area contributed by atoms with E-state index >= 15 is 0 Å². The second kappa shape index (κ2) is 9.43. The highest BCUT2D eigenvalue weighted by Gasteiger charge is 2.10. The molecule has 0 fully saturated rings. The fraction of sp³-hybridized carbons (Fsp3) is 0.214. The van der Waals surface area contributed by atoms with E-state index in [2.05, 4.69) is 62.4 Å². The Labute approximate surface area is 174 Å². The minimum atomic E-state index is 0.363. The van der Waals surface area contributed by atoms with Crippen LogP contribution in [-0.4, -0.2) is 5.11 Å². The van der Waals surface area contributed by atoms with Crippen LogP contribution in [-0.2, 0) is 12.8 Å². The molecule has 148 valence electrons. The van der Waals surface area contributed by atoms with Gasteiger partial charge in [-0.1, -0.05) is 100 Å². The first kappa shape index (κ1) is 20.7. The fourth-order valence-electron chi connectivity index (χ4n) is 3.75. The summed E-state index contributed by atoms with van der Waals surface area (Å²) in [5.41, 5.74) is 2.86. The zero-order valence-corrected chi connectivity index (χ0v) is 17.9. The van der Waals surface area contributed by atoms with Crippen LogP contribution >= 0.6 is 0 Å². The van der Waals surface area contributed by atoms with Crippen molar-refractivity contribution in [1.29, 1.82) is 0 Å². The van der Waals surface area contributed by atoms with Gasteiger partial charge in [0.15, 0.2) is 0 Å². The number of hydrogen-bond acceptors (Lipinski definition) is 1. The Morgan fingerprint density at radius 2 is 1.07 bits per heavy atom. The van der Waals surface area contributed by atoms with Crippen LogP contribution < -0.4 is 0 Å². The molecule has 0 spiro atoms. The summed E-state index contributed by atoms with van der Waals surface area (Å²) in [5, 5.41) is 16.9. The van der Waals surface area contributed by atoms with Crippen LogP contribution in [0.2, 0.25) is 0 Å². The third-order valence-corrected chi connectivity index (χ3v) is 5.33. The quantitative estimate of drug-likeness (QED) is 0.306. The van der Waals surface area contributed by atoms with Gasteiger partial charge in [0.05, 0.1) is 0 Å². The van der Waals surface area contributed by atoms with Crippen LogP contribution in [0.5, 0.6) is 5.75 Å². The third-order valence-electron chi connectivity index (χ3n) is 5.33. The summed E-state index contributed by atoms with van der Waals surface area (Å²) in [6.07, 6.45) is 2.29. The maximum Gasteiger partial charge on any atom is 0.124 e.